The van der Waals surface area contributed by atoms with Crippen LogP contribution in [0.3, 0.4) is 0 Å². The molecule has 2 aliphatic carbocycles. The van der Waals surface area contributed by atoms with Gasteiger partial charge in [-0.05, 0) is 37.5 Å². The van der Waals surface area contributed by atoms with Gasteiger partial charge in [-0.25, -0.2) is 0 Å². The Labute approximate surface area is 114 Å². The largest absolute Gasteiger partial charge is 0.359 e. The molecule has 5 heteroatoms. The Morgan fingerprint density at radius 2 is 1.84 bits per heavy atom. The third kappa shape index (κ3) is 3.47. The Hall–Kier alpha value is -1.10. The summed E-state index contributed by atoms with van der Waals surface area (Å²) in [6.07, 6.45) is 5.78. The molecule has 0 aromatic heterocycles. The maximum atomic E-state index is 12.1. The van der Waals surface area contributed by atoms with E-state index in [1.54, 1.807) is 7.05 Å². The van der Waals surface area contributed by atoms with E-state index in [1.165, 1.54) is 19.3 Å². The number of rotatable bonds is 4. The molecule has 0 aromatic carbocycles. The number of nitrogens with one attached hydrogen (secondary N) is 2. The average molecular weight is 267 g/mol. The lowest BCUT2D eigenvalue weighted by Crippen LogP contribution is -2.49. The van der Waals surface area contributed by atoms with Gasteiger partial charge in [0.15, 0.2) is 0 Å². The summed E-state index contributed by atoms with van der Waals surface area (Å²) in [7, 11) is 1.61. The zero-order valence-corrected chi connectivity index (χ0v) is 11.7. The molecule has 2 aliphatic rings. The lowest BCUT2D eigenvalue weighted by molar-refractivity contribution is -0.128. The van der Waals surface area contributed by atoms with Gasteiger partial charge >= 0.3 is 0 Å². The first kappa shape index (κ1) is 14.3. The quantitative estimate of drug-likeness (QED) is 0.689. The summed E-state index contributed by atoms with van der Waals surface area (Å²) < 4.78 is 0. The molecule has 2 amide bonds. The van der Waals surface area contributed by atoms with Crippen LogP contribution in [0.5, 0.6) is 0 Å². The van der Waals surface area contributed by atoms with Crippen LogP contribution in [0.2, 0.25) is 0 Å². The molecular weight excluding hydrogens is 242 g/mol. The number of fused-ring (bicyclic) bond motifs is 2. The second kappa shape index (κ2) is 6.37. The standard InChI is InChI=1S/C14H25N3O2/c1-16-12(18)5-6-17-14(19)11-7-9-3-2-4-10(8-11)13(9)15/h9-11,13H,2-8,15H2,1H3,(H,16,18)(H,17,19). The van der Waals surface area contributed by atoms with E-state index in [4.69, 9.17) is 5.73 Å². The predicted molar refractivity (Wildman–Crippen MR) is 73.2 cm³/mol. The van der Waals surface area contributed by atoms with Crippen LogP contribution in [-0.4, -0.2) is 31.4 Å². The molecule has 0 saturated heterocycles. The summed E-state index contributed by atoms with van der Waals surface area (Å²) in [5.74, 6) is 1.19. The minimum absolute atomic E-state index is 0.0390. The Kier molecular flexibility index (Phi) is 4.80. The molecule has 2 fully saturated rings. The minimum atomic E-state index is -0.0390. The van der Waals surface area contributed by atoms with Gasteiger partial charge in [-0.3, -0.25) is 9.59 Å². The normalized spacial score (nSPS) is 33.6. The van der Waals surface area contributed by atoms with E-state index in [9.17, 15) is 9.59 Å². The molecule has 2 atom stereocenters. The van der Waals surface area contributed by atoms with Gasteiger partial charge in [-0.1, -0.05) is 6.42 Å². The van der Waals surface area contributed by atoms with Gasteiger partial charge < -0.3 is 16.4 Å². The van der Waals surface area contributed by atoms with Gasteiger partial charge in [0.25, 0.3) is 0 Å². The Bertz CT molecular complexity index is 332. The third-order valence-corrected chi connectivity index (χ3v) is 4.71. The maximum Gasteiger partial charge on any atom is 0.223 e. The van der Waals surface area contributed by atoms with Gasteiger partial charge in [0.1, 0.15) is 0 Å². The number of carbonyl (C=O) groups is 2. The van der Waals surface area contributed by atoms with E-state index >= 15 is 0 Å². The number of hydrogen-bond donors (Lipinski definition) is 3. The highest BCUT2D eigenvalue weighted by atomic mass is 16.2. The van der Waals surface area contributed by atoms with Gasteiger partial charge in [0, 0.05) is 32.0 Å². The molecule has 2 unspecified atom stereocenters. The molecular formula is C14H25N3O2. The molecule has 0 aliphatic heterocycles. The smallest absolute Gasteiger partial charge is 0.223 e. The van der Waals surface area contributed by atoms with E-state index in [0.29, 0.717) is 30.8 Å². The van der Waals surface area contributed by atoms with Crippen LogP contribution in [0, 0.1) is 17.8 Å². The SMILES string of the molecule is CNC(=O)CCNC(=O)C1CC2CCCC(C1)C2N. The van der Waals surface area contributed by atoms with Crippen LogP contribution in [0.15, 0.2) is 0 Å². The molecule has 0 heterocycles. The van der Waals surface area contributed by atoms with E-state index in [2.05, 4.69) is 10.6 Å². The molecule has 5 nitrogen and oxygen atoms in total. The zero-order chi connectivity index (χ0) is 13.8. The fraction of sp³-hybridized carbons (Fsp3) is 0.857. The summed E-state index contributed by atoms with van der Waals surface area (Å²) in [6, 6.07) is 0.295. The van der Waals surface area contributed by atoms with Crippen molar-refractivity contribution in [2.24, 2.45) is 23.5 Å². The Morgan fingerprint density at radius 3 is 2.42 bits per heavy atom. The number of amides is 2. The first-order chi connectivity index (χ1) is 9.11. The van der Waals surface area contributed by atoms with Crippen molar-refractivity contribution in [3.8, 4) is 0 Å². The summed E-state index contributed by atoms with van der Waals surface area (Å²) in [6.45, 7) is 0.427. The molecule has 108 valence electrons. The van der Waals surface area contributed by atoms with Crippen molar-refractivity contribution in [1.82, 2.24) is 10.6 Å². The first-order valence-corrected chi connectivity index (χ1v) is 7.35. The van der Waals surface area contributed by atoms with Crippen LogP contribution in [0.25, 0.3) is 0 Å². The molecule has 2 saturated carbocycles. The van der Waals surface area contributed by atoms with Crippen molar-refractivity contribution in [3.63, 3.8) is 0 Å². The van der Waals surface area contributed by atoms with Gasteiger partial charge in [0.2, 0.25) is 11.8 Å². The van der Waals surface area contributed by atoms with Crippen LogP contribution >= 0.6 is 0 Å². The second-order valence-electron chi connectivity index (χ2n) is 5.91. The van der Waals surface area contributed by atoms with Crippen molar-refractivity contribution in [2.45, 2.75) is 44.6 Å². The molecule has 2 rings (SSSR count). The van der Waals surface area contributed by atoms with Gasteiger partial charge in [-0.2, -0.15) is 0 Å². The lowest BCUT2D eigenvalue weighted by Gasteiger charge is -2.43. The van der Waals surface area contributed by atoms with Gasteiger partial charge in [-0.15, -0.1) is 0 Å². The molecule has 0 spiro atoms. The number of carbonyl (C=O) groups excluding carboxylic acids is 2. The van der Waals surface area contributed by atoms with Crippen molar-refractivity contribution < 1.29 is 9.59 Å². The van der Waals surface area contributed by atoms with Crippen LogP contribution in [0.4, 0.5) is 0 Å². The van der Waals surface area contributed by atoms with Crippen molar-refractivity contribution in [1.29, 1.82) is 0 Å². The predicted octanol–water partition coefficient (Wildman–Crippen LogP) is 0.392. The van der Waals surface area contributed by atoms with Crippen molar-refractivity contribution in [3.05, 3.63) is 0 Å². The van der Waals surface area contributed by atoms with E-state index in [1.807, 2.05) is 0 Å². The highest BCUT2D eigenvalue weighted by Gasteiger charge is 2.40. The lowest BCUT2D eigenvalue weighted by atomic mass is 9.65. The van der Waals surface area contributed by atoms with Crippen LogP contribution in [0.1, 0.15) is 38.5 Å². The fourth-order valence-corrected chi connectivity index (χ4v) is 3.57. The molecule has 0 aromatic rings. The molecule has 4 N–H and O–H groups in total. The van der Waals surface area contributed by atoms with Crippen molar-refractivity contribution >= 4 is 11.8 Å². The number of hydrogen-bond acceptors (Lipinski definition) is 3. The summed E-state index contributed by atoms with van der Waals surface area (Å²) >= 11 is 0. The van der Waals surface area contributed by atoms with E-state index in [-0.39, 0.29) is 17.7 Å². The maximum absolute atomic E-state index is 12.1. The zero-order valence-electron chi connectivity index (χ0n) is 11.7. The van der Waals surface area contributed by atoms with E-state index < -0.39 is 0 Å². The topological polar surface area (TPSA) is 84.2 Å². The molecule has 2 bridgehead atoms. The highest BCUT2D eigenvalue weighted by molar-refractivity contribution is 5.80. The highest BCUT2D eigenvalue weighted by Crippen LogP contribution is 2.41. The Balaban J connectivity index is 1.79. The van der Waals surface area contributed by atoms with Crippen molar-refractivity contribution in [2.75, 3.05) is 13.6 Å². The summed E-state index contributed by atoms with van der Waals surface area (Å²) in [4.78, 5) is 23.2. The number of nitrogens with two attached hydrogens (primary N) is 1. The molecule has 19 heavy (non-hydrogen) atoms. The third-order valence-electron chi connectivity index (χ3n) is 4.71. The molecule has 0 radical (unpaired) electrons. The summed E-state index contributed by atoms with van der Waals surface area (Å²) in [5.41, 5.74) is 6.22. The fourth-order valence-electron chi connectivity index (χ4n) is 3.57. The van der Waals surface area contributed by atoms with Gasteiger partial charge in [0.05, 0.1) is 0 Å². The van der Waals surface area contributed by atoms with Crippen LogP contribution < -0.4 is 16.4 Å². The average Bonchev–Trinajstić information content (AvgIpc) is 2.37. The monoisotopic (exact) mass is 267 g/mol. The Morgan fingerprint density at radius 1 is 1.21 bits per heavy atom. The minimum Gasteiger partial charge on any atom is -0.359 e. The summed E-state index contributed by atoms with van der Waals surface area (Å²) in [5, 5.41) is 5.43. The van der Waals surface area contributed by atoms with Crippen LogP contribution in [-0.2, 0) is 9.59 Å². The first-order valence-electron chi connectivity index (χ1n) is 7.35. The van der Waals surface area contributed by atoms with E-state index in [0.717, 1.165) is 12.8 Å². The second-order valence-corrected chi connectivity index (χ2v) is 5.91.